The van der Waals surface area contributed by atoms with Crippen LogP contribution in [0.4, 0.5) is 5.82 Å². The van der Waals surface area contributed by atoms with Crippen LogP contribution in [0, 0.1) is 0 Å². The third-order valence-corrected chi connectivity index (χ3v) is 3.48. The summed E-state index contributed by atoms with van der Waals surface area (Å²) in [7, 11) is 0. The van der Waals surface area contributed by atoms with E-state index in [1.54, 1.807) is 6.33 Å². The molecule has 2 N–H and O–H groups in total. The fraction of sp³-hybridized carbons (Fsp3) is 0.667. The van der Waals surface area contributed by atoms with E-state index in [0.717, 1.165) is 50.5 Å². The molecule has 2 aliphatic rings. The smallest absolute Gasteiger partial charge is 0.132 e. The molecule has 2 unspecified atom stereocenters. The van der Waals surface area contributed by atoms with Gasteiger partial charge in [-0.25, -0.2) is 9.97 Å². The predicted molar refractivity (Wildman–Crippen MR) is 64.8 cm³/mol. The topological polar surface area (TPSA) is 64.3 Å². The summed E-state index contributed by atoms with van der Waals surface area (Å²) in [6.45, 7) is 2.73. The Hall–Kier alpha value is -1.20. The van der Waals surface area contributed by atoms with Gasteiger partial charge in [-0.2, -0.15) is 0 Å². The van der Waals surface area contributed by atoms with Crippen LogP contribution in [0.15, 0.2) is 12.4 Å². The van der Waals surface area contributed by atoms with E-state index < -0.39 is 0 Å². The molecular weight excluding hydrogens is 216 g/mol. The number of anilines is 1. The van der Waals surface area contributed by atoms with Crippen molar-refractivity contribution in [1.82, 2.24) is 9.97 Å². The van der Waals surface area contributed by atoms with Gasteiger partial charge in [0.05, 0.1) is 11.8 Å². The lowest BCUT2D eigenvalue weighted by Gasteiger charge is -2.18. The molecule has 0 aliphatic carbocycles. The van der Waals surface area contributed by atoms with Crippen LogP contribution in [0.5, 0.6) is 0 Å². The largest absolute Gasteiger partial charge is 0.372 e. The van der Waals surface area contributed by atoms with Crippen molar-refractivity contribution in [3.63, 3.8) is 0 Å². The molecule has 0 aromatic carbocycles. The molecule has 0 spiro atoms. The van der Waals surface area contributed by atoms with Crippen molar-refractivity contribution in [3.05, 3.63) is 18.1 Å². The Morgan fingerprint density at radius 1 is 1.35 bits per heavy atom. The number of hydrogen-bond acceptors (Lipinski definition) is 5. The average Bonchev–Trinajstić information content (AvgIpc) is 3.00. The van der Waals surface area contributed by atoms with Gasteiger partial charge < -0.3 is 15.4 Å². The first kappa shape index (κ1) is 10.9. The Morgan fingerprint density at radius 2 is 2.29 bits per heavy atom. The van der Waals surface area contributed by atoms with Gasteiger partial charge in [-0.15, -0.1) is 0 Å². The molecule has 92 valence electrons. The van der Waals surface area contributed by atoms with Crippen LogP contribution in [0.3, 0.4) is 0 Å². The van der Waals surface area contributed by atoms with E-state index in [1.807, 2.05) is 6.07 Å². The second-order valence-electron chi connectivity index (χ2n) is 4.80. The minimum Gasteiger partial charge on any atom is -0.372 e. The average molecular weight is 234 g/mol. The minimum atomic E-state index is 0.160. The van der Waals surface area contributed by atoms with E-state index in [2.05, 4.69) is 14.9 Å². The predicted octanol–water partition coefficient (Wildman–Crippen LogP) is 0.865. The SMILES string of the molecule is NC1CCN(c2cc(C3CCCO3)ncn2)C1. The third kappa shape index (κ3) is 2.25. The van der Waals surface area contributed by atoms with Gasteiger partial charge in [0.15, 0.2) is 0 Å². The van der Waals surface area contributed by atoms with Crippen LogP contribution in [-0.4, -0.2) is 35.7 Å². The first-order chi connectivity index (χ1) is 8.33. The molecule has 2 atom stereocenters. The molecule has 0 radical (unpaired) electrons. The summed E-state index contributed by atoms with van der Waals surface area (Å²) in [5.74, 6) is 0.985. The molecule has 3 heterocycles. The van der Waals surface area contributed by atoms with Gasteiger partial charge >= 0.3 is 0 Å². The van der Waals surface area contributed by atoms with Gasteiger partial charge in [-0.1, -0.05) is 0 Å². The molecule has 1 aromatic rings. The molecule has 1 aromatic heterocycles. The maximum Gasteiger partial charge on any atom is 0.132 e. The molecule has 2 aliphatic heterocycles. The molecule has 2 saturated heterocycles. The normalized spacial score (nSPS) is 28.9. The van der Waals surface area contributed by atoms with Gasteiger partial charge in [-0.3, -0.25) is 0 Å². The molecule has 17 heavy (non-hydrogen) atoms. The van der Waals surface area contributed by atoms with Crippen molar-refractivity contribution in [3.8, 4) is 0 Å². The lowest BCUT2D eigenvalue weighted by molar-refractivity contribution is 0.108. The third-order valence-electron chi connectivity index (χ3n) is 3.48. The van der Waals surface area contributed by atoms with Crippen molar-refractivity contribution < 1.29 is 4.74 Å². The van der Waals surface area contributed by atoms with Crippen LogP contribution in [0.2, 0.25) is 0 Å². The summed E-state index contributed by atoms with van der Waals surface area (Å²) >= 11 is 0. The second-order valence-corrected chi connectivity index (χ2v) is 4.80. The number of ether oxygens (including phenoxy) is 1. The highest BCUT2D eigenvalue weighted by Crippen LogP contribution is 2.28. The Kier molecular flexibility index (Phi) is 2.94. The standard InChI is InChI=1S/C12H18N4O/c13-9-3-4-16(7-9)12-6-10(14-8-15-12)11-2-1-5-17-11/h6,8-9,11H,1-5,7,13H2. The highest BCUT2D eigenvalue weighted by atomic mass is 16.5. The first-order valence-electron chi connectivity index (χ1n) is 6.27. The molecule has 0 amide bonds. The number of hydrogen-bond donors (Lipinski definition) is 1. The monoisotopic (exact) mass is 234 g/mol. The number of nitrogens with zero attached hydrogens (tertiary/aromatic N) is 3. The van der Waals surface area contributed by atoms with Gasteiger partial charge in [0.1, 0.15) is 12.1 Å². The van der Waals surface area contributed by atoms with Crippen LogP contribution in [-0.2, 0) is 4.74 Å². The first-order valence-corrected chi connectivity index (χ1v) is 6.27. The maximum absolute atomic E-state index is 5.91. The zero-order chi connectivity index (χ0) is 11.7. The van der Waals surface area contributed by atoms with Gasteiger partial charge in [0.2, 0.25) is 0 Å². The fourth-order valence-corrected chi connectivity index (χ4v) is 2.52. The summed E-state index contributed by atoms with van der Waals surface area (Å²) in [5.41, 5.74) is 6.92. The van der Waals surface area contributed by atoms with Crippen molar-refractivity contribution in [2.75, 3.05) is 24.6 Å². The van der Waals surface area contributed by atoms with Crippen molar-refractivity contribution >= 4 is 5.82 Å². The van der Waals surface area contributed by atoms with Crippen molar-refractivity contribution in [2.45, 2.75) is 31.4 Å². The van der Waals surface area contributed by atoms with Crippen molar-refractivity contribution in [2.24, 2.45) is 5.73 Å². The molecule has 5 nitrogen and oxygen atoms in total. The summed E-state index contributed by atoms with van der Waals surface area (Å²) in [5, 5.41) is 0. The molecule has 2 fully saturated rings. The molecule has 0 bridgehead atoms. The van der Waals surface area contributed by atoms with Crippen LogP contribution in [0.25, 0.3) is 0 Å². The van der Waals surface area contributed by atoms with Gasteiger partial charge in [0.25, 0.3) is 0 Å². The summed E-state index contributed by atoms with van der Waals surface area (Å²) in [4.78, 5) is 10.9. The summed E-state index contributed by atoms with van der Waals surface area (Å²) in [6.07, 6.45) is 5.03. The van der Waals surface area contributed by atoms with Crippen LogP contribution < -0.4 is 10.6 Å². The zero-order valence-corrected chi connectivity index (χ0v) is 9.88. The van der Waals surface area contributed by atoms with Crippen LogP contribution in [0.1, 0.15) is 31.1 Å². The van der Waals surface area contributed by atoms with Crippen molar-refractivity contribution in [1.29, 1.82) is 0 Å². The number of rotatable bonds is 2. The second kappa shape index (κ2) is 4.58. The van der Waals surface area contributed by atoms with E-state index in [4.69, 9.17) is 10.5 Å². The molecule has 3 rings (SSSR count). The summed E-state index contributed by atoms with van der Waals surface area (Å²) in [6, 6.07) is 2.32. The minimum absolute atomic E-state index is 0.160. The Morgan fingerprint density at radius 3 is 3.00 bits per heavy atom. The molecular formula is C12H18N4O. The van der Waals surface area contributed by atoms with E-state index >= 15 is 0 Å². The van der Waals surface area contributed by atoms with E-state index in [0.29, 0.717) is 0 Å². The van der Waals surface area contributed by atoms with Gasteiger partial charge in [-0.05, 0) is 19.3 Å². The summed E-state index contributed by atoms with van der Waals surface area (Å²) < 4.78 is 5.64. The Balaban J connectivity index is 1.78. The zero-order valence-electron chi connectivity index (χ0n) is 9.88. The highest BCUT2D eigenvalue weighted by Gasteiger charge is 2.23. The van der Waals surface area contributed by atoms with E-state index in [9.17, 15) is 0 Å². The lowest BCUT2D eigenvalue weighted by atomic mass is 10.2. The number of aromatic nitrogens is 2. The number of nitrogens with two attached hydrogens (primary N) is 1. The van der Waals surface area contributed by atoms with Crippen LogP contribution >= 0.6 is 0 Å². The molecule has 5 heteroatoms. The lowest BCUT2D eigenvalue weighted by Crippen LogP contribution is -2.27. The van der Waals surface area contributed by atoms with E-state index in [-0.39, 0.29) is 12.1 Å². The molecule has 0 saturated carbocycles. The van der Waals surface area contributed by atoms with Gasteiger partial charge in [0, 0.05) is 31.8 Å². The Labute approximate surface area is 101 Å². The quantitative estimate of drug-likeness (QED) is 0.822. The maximum atomic E-state index is 5.91. The fourth-order valence-electron chi connectivity index (χ4n) is 2.52. The Bertz CT molecular complexity index is 392. The highest BCUT2D eigenvalue weighted by molar-refractivity contribution is 5.41. The van der Waals surface area contributed by atoms with E-state index in [1.165, 1.54) is 0 Å².